The van der Waals surface area contributed by atoms with E-state index in [9.17, 15) is 0 Å². The smallest absolute Gasteiger partial charge is 0.140 e. The number of allylic oxidation sites excluding steroid dienone is 3. The van der Waals surface area contributed by atoms with E-state index >= 15 is 0 Å². The topological polar surface area (TPSA) is 45.5 Å². The summed E-state index contributed by atoms with van der Waals surface area (Å²) in [5.41, 5.74) is 7.19. The van der Waals surface area contributed by atoms with Crippen LogP contribution in [0.3, 0.4) is 0 Å². The molecule has 0 atom stereocenters. The van der Waals surface area contributed by atoms with Gasteiger partial charge in [-0.2, -0.15) is 5.10 Å². The lowest BCUT2D eigenvalue weighted by Crippen LogP contribution is -2.41. The van der Waals surface area contributed by atoms with Crippen molar-refractivity contribution in [2.45, 2.75) is 58.4 Å². The van der Waals surface area contributed by atoms with Crippen molar-refractivity contribution >= 4 is 16.7 Å². The summed E-state index contributed by atoms with van der Waals surface area (Å²) in [6.07, 6.45) is 11.8. The predicted octanol–water partition coefficient (Wildman–Crippen LogP) is 6.06. The number of aromatic nitrogens is 2. The second-order valence-corrected chi connectivity index (χ2v) is 9.89. The van der Waals surface area contributed by atoms with Crippen molar-refractivity contribution in [1.29, 1.82) is 0 Å². The monoisotopic (exact) mass is 443 g/mol. The first-order chi connectivity index (χ1) is 15.8. The summed E-state index contributed by atoms with van der Waals surface area (Å²) < 4.78 is 2.43. The van der Waals surface area contributed by atoms with Crippen molar-refractivity contribution in [1.82, 2.24) is 19.9 Å². The van der Waals surface area contributed by atoms with Crippen LogP contribution < -0.4 is 5.32 Å². The van der Waals surface area contributed by atoms with Gasteiger partial charge in [0.2, 0.25) is 0 Å². The molecular weight excluding hydrogens is 406 g/mol. The van der Waals surface area contributed by atoms with Gasteiger partial charge < -0.3 is 9.88 Å². The maximum atomic E-state index is 5.01. The third-order valence-electron chi connectivity index (χ3n) is 7.29. The molecule has 1 fully saturated rings. The molecule has 33 heavy (non-hydrogen) atoms. The molecule has 174 valence electrons. The predicted molar refractivity (Wildman–Crippen MR) is 139 cm³/mol. The molecule has 1 N–H and O–H groups in total. The fourth-order valence-corrected chi connectivity index (χ4v) is 5.06. The molecule has 1 aliphatic heterocycles. The molecule has 0 bridgehead atoms. The lowest BCUT2D eigenvalue weighted by atomic mass is 9.90. The summed E-state index contributed by atoms with van der Waals surface area (Å²) in [6.45, 7) is 20.2. The number of fused-ring (bicyclic) bond motifs is 1. The van der Waals surface area contributed by atoms with E-state index in [2.05, 4.69) is 73.9 Å². The molecule has 1 saturated carbocycles. The Morgan fingerprint density at radius 2 is 1.97 bits per heavy atom. The van der Waals surface area contributed by atoms with Crippen LogP contribution in [-0.4, -0.2) is 33.9 Å². The highest BCUT2D eigenvalue weighted by Gasteiger charge is 2.39. The minimum Gasteiger partial charge on any atom is -0.387 e. The van der Waals surface area contributed by atoms with E-state index in [0.717, 1.165) is 54.0 Å². The average molecular weight is 444 g/mol. The Bertz CT molecular complexity index is 1150. The fraction of sp³-hybridized carbons (Fsp3) is 0.429. The Balaban J connectivity index is 1.75. The number of nitrogens with one attached hydrogen (secondary N) is 1. The summed E-state index contributed by atoms with van der Waals surface area (Å²) in [7, 11) is 1.88. The molecule has 0 unspecified atom stereocenters. The Hall–Kier alpha value is -3.08. The van der Waals surface area contributed by atoms with E-state index in [-0.39, 0.29) is 5.54 Å². The van der Waals surface area contributed by atoms with Crippen molar-refractivity contribution in [2.75, 3.05) is 13.6 Å². The van der Waals surface area contributed by atoms with Crippen LogP contribution in [0.4, 0.5) is 0 Å². The van der Waals surface area contributed by atoms with Gasteiger partial charge in [-0.25, -0.2) is 4.98 Å². The zero-order valence-electron chi connectivity index (χ0n) is 20.6. The lowest BCUT2D eigenvalue weighted by molar-refractivity contribution is 0.205. The molecule has 2 aliphatic rings. The van der Waals surface area contributed by atoms with Gasteiger partial charge in [0.05, 0.1) is 17.8 Å². The van der Waals surface area contributed by atoms with E-state index in [1.165, 1.54) is 29.4 Å². The molecule has 0 radical (unpaired) electrons. The van der Waals surface area contributed by atoms with E-state index < -0.39 is 0 Å². The van der Waals surface area contributed by atoms with E-state index in [1.54, 1.807) is 0 Å². The average Bonchev–Trinajstić information content (AvgIpc) is 3.40. The maximum absolute atomic E-state index is 5.01. The zero-order chi connectivity index (χ0) is 23.8. The van der Waals surface area contributed by atoms with Crippen LogP contribution in [0.5, 0.6) is 0 Å². The third kappa shape index (κ3) is 4.29. The quantitative estimate of drug-likeness (QED) is 0.504. The van der Waals surface area contributed by atoms with Crippen LogP contribution in [0.25, 0.3) is 11.0 Å². The number of pyridine rings is 1. The highest BCUT2D eigenvalue weighted by atomic mass is 15.5. The number of hydrazone groups is 1. The molecule has 5 nitrogen and oxygen atoms in total. The van der Waals surface area contributed by atoms with Crippen molar-refractivity contribution in [3.8, 4) is 0 Å². The highest BCUT2D eigenvalue weighted by Crippen LogP contribution is 2.41. The number of hydrogen-bond donors (Lipinski definition) is 1. The number of rotatable bonds is 8. The molecule has 4 rings (SSSR count). The first-order valence-electron chi connectivity index (χ1n) is 12.0. The Morgan fingerprint density at radius 1 is 1.24 bits per heavy atom. The number of hydrogen-bond acceptors (Lipinski definition) is 4. The SMILES string of the molecule is C=C(NC)C1=NN(CC2(n3cc(C)c4cccnc43)CCCC2)C=C(CC(=C)C(C)C)C1=C. The largest absolute Gasteiger partial charge is 0.387 e. The Labute approximate surface area is 198 Å². The molecule has 0 amide bonds. The molecule has 3 heterocycles. The molecule has 0 spiro atoms. The van der Waals surface area contributed by atoms with Gasteiger partial charge in [-0.1, -0.05) is 52.0 Å². The van der Waals surface area contributed by atoms with E-state index in [4.69, 9.17) is 10.1 Å². The summed E-state index contributed by atoms with van der Waals surface area (Å²) in [5.74, 6) is 0.420. The van der Waals surface area contributed by atoms with Crippen molar-refractivity contribution in [3.05, 3.63) is 78.4 Å². The van der Waals surface area contributed by atoms with Crippen LogP contribution >= 0.6 is 0 Å². The number of nitrogens with zero attached hydrogens (tertiary/aromatic N) is 4. The summed E-state index contributed by atoms with van der Waals surface area (Å²) in [5, 5.41) is 11.5. The van der Waals surface area contributed by atoms with Crippen molar-refractivity contribution in [2.24, 2.45) is 11.0 Å². The van der Waals surface area contributed by atoms with E-state index in [0.29, 0.717) is 5.92 Å². The van der Waals surface area contributed by atoms with Gasteiger partial charge in [0.15, 0.2) is 0 Å². The molecule has 2 aromatic rings. The van der Waals surface area contributed by atoms with Gasteiger partial charge in [-0.3, -0.25) is 5.01 Å². The summed E-state index contributed by atoms with van der Waals surface area (Å²) in [4.78, 5) is 4.77. The normalized spacial score (nSPS) is 18.0. The molecule has 0 aromatic carbocycles. The van der Waals surface area contributed by atoms with Gasteiger partial charge in [0.25, 0.3) is 0 Å². The Morgan fingerprint density at radius 3 is 2.64 bits per heavy atom. The van der Waals surface area contributed by atoms with Crippen LogP contribution in [0.2, 0.25) is 0 Å². The Kier molecular flexibility index (Phi) is 6.33. The minimum atomic E-state index is -0.0498. The van der Waals surface area contributed by atoms with Crippen molar-refractivity contribution in [3.63, 3.8) is 0 Å². The second-order valence-electron chi connectivity index (χ2n) is 9.89. The molecule has 5 heteroatoms. The summed E-state index contributed by atoms with van der Waals surface area (Å²) >= 11 is 0. The fourth-order valence-electron chi connectivity index (χ4n) is 5.06. The second kappa shape index (κ2) is 9.05. The van der Waals surface area contributed by atoms with Gasteiger partial charge in [0.1, 0.15) is 11.4 Å². The molecule has 1 aliphatic carbocycles. The van der Waals surface area contributed by atoms with Crippen LogP contribution in [-0.2, 0) is 5.54 Å². The lowest BCUT2D eigenvalue weighted by Gasteiger charge is -2.37. The first-order valence-corrected chi connectivity index (χ1v) is 12.0. The van der Waals surface area contributed by atoms with Crippen LogP contribution in [0.15, 0.2) is 78.0 Å². The van der Waals surface area contributed by atoms with Gasteiger partial charge in [-0.15, -0.1) is 0 Å². The zero-order valence-corrected chi connectivity index (χ0v) is 20.6. The van der Waals surface area contributed by atoms with Crippen molar-refractivity contribution < 1.29 is 0 Å². The maximum Gasteiger partial charge on any atom is 0.140 e. The van der Waals surface area contributed by atoms with Gasteiger partial charge in [0, 0.05) is 36.6 Å². The molecule has 2 aromatic heterocycles. The van der Waals surface area contributed by atoms with Gasteiger partial charge in [-0.05, 0) is 55.4 Å². The minimum absolute atomic E-state index is 0.0498. The van der Waals surface area contributed by atoms with Gasteiger partial charge >= 0.3 is 0 Å². The van der Waals surface area contributed by atoms with E-state index in [1.807, 2.05) is 19.3 Å². The standard InChI is InChI=1S/C28H37N5/c1-19(2)20(3)15-24-17-32(31-26(22(24)5)23(6)29-7)18-28(12-8-9-13-28)33-16-21(4)25-11-10-14-30-27(25)33/h10-11,14,16-17,19,29H,3,5-6,8-9,12-13,15,18H2,1-2,4,7H3. The summed E-state index contributed by atoms with van der Waals surface area (Å²) in [6, 6.07) is 4.19. The number of aryl methyl sites for hydroxylation is 1. The third-order valence-corrected chi connectivity index (χ3v) is 7.29. The highest BCUT2D eigenvalue weighted by molar-refractivity contribution is 6.14. The molecular formula is C28H37N5. The molecule has 0 saturated heterocycles. The van der Waals surface area contributed by atoms with Crippen LogP contribution in [0, 0.1) is 12.8 Å². The van der Waals surface area contributed by atoms with Crippen LogP contribution in [0.1, 0.15) is 51.5 Å². The first kappa shape index (κ1) is 23.1.